The fraction of sp³-hybridized carbons (Fsp3) is 0.500. The van der Waals surface area contributed by atoms with Gasteiger partial charge in [0, 0.05) is 6.07 Å². The minimum atomic E-state index is -2.14. The summed E-state index contributed by atoms with van der Waals surface area (Å²) in [6.45, 7) is 7.53. The zero-order valence-electron chi connectivity index (χ0n) is 13.0. The van der Waals surface area contributed by atoms with Crippen molar-refractivity contribution < 1.29 is 22.0 Å². The van der Waals surface area contributed by atoms with Gasteiger partial charge in [-0.05, 0) is 5.54 Å². The molecule has 0 nitrogen and oxygen atoms in total. The lowest BCUT2D eigenvalue weighted by atomic mass is 10.2. The van der Waals surface area contributed by atoms with E-state index in [0.29, 0.717) is 0 Å². The number of rotatable bonds is 0. The van der Waals surface area contributed by atoms with Crippen LogP contribution in [0.1, 0.15) is 26.2 Å². The van der Waals surface area contributed by atoms with Crippen LogP contribution in [0, 0.1) is 41.9 Å². The van der Waals surface area contributed by atoms with Crippen molar-refractivity contribution in [2.24, 2.45) is 0 Å². The summed E-state index contributed by atoms with van der Waals surface area (Å²) in [4.78, 5) is 0. The van der Waals surface area contributed by atoms with Gasteiger partial charge in [0.05, 0.1) is 8.07 Å². The third-order valence-electron chi connectivity index (χ3n) is 4.10. The van der Waals surface area contributed by atoms with Gasteiger partial charge in [0.25, 0.3) is 0 Å². The van der Waals surface area contributed by atoms with Gasteiger partial charge in [-0.25, -0.2) is 22.0 Å². The fourth-order valence-electron chi connectivity index (χ4n) is 2.21. The maximum atomic E-state index is 12.0. The van der Waals surface area contributed by atoms with E-state index in [4.69, 9.17) is 0 Å². The van der Waals surface area contributed by atoms with Crippen LogP contribution in [0.2, 0.25) is 24.7 Å². The van der Waals surface area contributed by atoms with Crippen molar-refractivity contribution in [2.45, 2.75) is 50.9 Å². The average molecular weight is 336 g/mol. The van der Waals surface area contributed by atoms with E-state index in [2.05, 4.69) is 32.9 Å². The SMILES string of the molecule is C#C.CC1CCCC[Si]1(C)C.Fc1cc(F)c(F)c(F)c1F. The second kappa shape index (κ2) is 8.94. The number of hydrogen-bond donors (Lipinski definition) is 0. The predicted molar refractivity (Wildman–Crippen MR) is 81.7 cm³/mol. The molecule has 1 unspecified atom stereocenters. The van der Waals surface area contributed by atoms with E-state index < -0.39 is 37.2 Å². The van der Waals surface area contributed by atoms with Crippen molar-refractivity contribution in [3.63, 3.8) is 0 Å². The molecule has 1 aliphatic heterocycles. The van der Waals surface area contributed by atoms with Crippen molar-refractivity contribution in [2.75, 3.05) is 0 Å². The second-order valence-electron chi connectivity index (χ2n) is 5.92. The van der Waals surface area contributed by atoms with Crippen LogP contribution in [0.4, 0.5) is 22.0 Å². The zero-order chi connectivity index (χ0) is 17.5. The Hall–Kier alpha value is -1.35. The Kier molecular flexibility index (Phi) is 8.39. The van der Waals surface area contributed by atoms with Gasteiger partial charge in [-0.15, -0.1) is 12.8 Å². The number of halogens is 5. The molecule has 0 bridgehead atoms. The van der Waals surface area contributed by atoms with Crippen LogP contribution in [0.3, 0.4) is 0 Å². The van der Waals surface area contributed by atoms with Gasteiger partial charge in [0.1, 0.15) is 0 Å². The van der Waals surface area contributed by atoms with Crippen molar-refractivity contribution >= 4 is 8.07 Å². The summed E-state index contributed by atoms with van der Waals surface area (Å²) in [5.41, 5.74) is 1.09. The standard InChI is InChI=1S/C8H18Si.C6HF5.C2H2/c1-8-6-4-5-7-9(8,2)3;7-2-1-3(8)5(10)6(11)4(2)9;1-2/h8H,4-7H2,1-3H3;1H;1-2H. The highest BCUT2D eigenvalue weighted by atomic mass is 28.3. The Balaban J connectivity index is 0.000000366. The van der Waals surface area contributed by atoms with Crippen LogP contribution in [0.25, 0.3) is 0 Å². The van der Waals surface area contributed by atoms with Gasteiger partial charge in [-0.2, -0.15) is 0 Å². The lowest BCUT2D eigenvalue weighted by Gasteiger charge is -2.34. The van der Waals surface area contributed by atoms with E-state index in [0.717, 1.165) is 5.54 Å². The molecule has 1 saturated heterocycles. The number of terminal acetylenes is 1. The summed E-state index contributed by atoms with van der Waals surface area (Å²) in [6, 6.07) is 1.52. The van der Waals surface area contributed by atoms with Crippen LogP contribution < -0.4 is 0 Å². The minimum Gasteiger partial charge on any atom is -0.204 e. The Morgan fingerprint density at radius 1 is 0.909 bits per heavy atom. The first-order valence-corrected chi connectivity index (χ1v) is 10.3. The molecule has 0 aromatic heterocycles. The molecule has 1 atom stereocenters. The molecule has 1 fully saturated rings. The summed E-state index contributed by atoms with van der Waals surface area (Å²) in [5, 5.41) is 0. The van der Waals surface area contributed by atoms with Crippen LogP contribution in [-0.4, -0.2) is 8.07 Å². The highest BCUT2D eigenvalue weighted by Crippen LogP contribution is 2.36. The quantitative estimate of drug-likeness (QED) is 0.182. The average Bonchev–Trinajstić information content (AvgIpc) is 2.49. The largest absolute Gasteiger partial charge is 0.204 e. The molecule has 6 heteroatoms. The van der Waals surface area contributed by atoms with Gasteiger partial charge in [0.2, 0.25) is 5.82 Å². The van der Waals surface area contributed by atoms with E-state index in [1.165, 1.54) is 19.3 Å². The maximum absolute atomic E-state index is 12.0. The third-order valence-corrected chi connectivity index (χ3v) is 8.70. The molecule has 2 rings (SSSR count). The van der Waals surface area contributed by atoms with Crippen molar-refractivity contribution in [1.29, 1.82) is 0 Å². The maximum Gasteiger partial charge on any atom is 0.200 e. The third kappa shape index (κ3) is 5.45. The zero-order valence-corrected chi connectivity index (χ0v) is 14.0. The first-order valence-electron chi connectivity index (χ1n) is 6.98. The monoisotopic (exact) mass is 336 g/mol. The summed E-state index contributed by atoms with van der Waals surface area (Å²) in [7, 11) is -0.694. The van der Waals surface area contributed by atoms with Crippen molar-refractivity contribution in [1.82, 2.24) is 0 Å². The van der Waals surface area contributed by atoms with Crippen LogP contribution >= 0.6 is 0 Å². The van der Waals surface area contributed by atoms with E-state index >= 15 is 0 Å². The Morgan fingerprint density at radius 2 is 1.36 bits per heavy atom. The lowest BCUT2D eigenvalue weighted by molar-refractivity contribution is 0.378. The van der Waals surface area contributed by atoms with E-state index in [9.17, 15) is 22.0 Å². The molecule has 0 aliphatic carbocycles. The summed E-state index contributed by atoms with van der Waals surface area (Å²) in [6.07, 6.45) is 12.5. The first kappa shape index (κ1) is 20.6. The molecule has 1 aliphatic rings. The topological polar surface area (TPSA) is 0 Å². The predicted octanol–water partition coefficient (Wildman–Crippen LogP) is 5.90. The fourth-order valence-corrected chi connectivity index (χ4v) is 4.85. The number of benzene rings is 1. The summed E-state index contributed by atoms with van der Waals surface area (Å²) < 4.78 is 60.0. The van der Waals surface area contributed by atoms with Gasteiger partial charge < -0.3 is 0 Å². The summed E-state index contributed by atoms with van der Waals surface area (Å²) in [5.74, 6) is -9.65. The highest BCUT2D eigenvalue weighted by molar-refractivity contribution is 6.78. The smallest absolute Gasteiger partial charge is 0.200 e. The van der Waals surface area contributed by atoms with Crippen LogP contribution in [0.5, 0.6) is 0 Å². The Labute approximate surface area is 129 Å². The van der Waals surface area contributed by atoms with Gasteiger partial charge in [-0.1, -0.05) is 45.3 Å². The van der Waals surface area contributed by atoms with Crippen molar-refractivity contribution in [3.05, 3.63) is 35.2 Å². The molecular formula is C16H21F5Si. The second-order valence-corrected chi connectivity index (χ2v) is 11.4. The Bertz CT molecular complexity index is 485. The molecule has 124 valence electrons. The van der Waals surface area contributed by atoms with Gasteiger partial charge in [0.15, 0.2) is 23.3 Å². The van der Waals surface area contributed by atoms with Crippen molar-refractivity contribution in [3.8, 4) is 12.8 Å². The molecule has 1 aromatic carbocycles. The van der Waals surface area contributed by atoms with Crippen LogP contribution in [0.15, 0.2) is 6.07 Å². The molecule has 0 saturated carbocycles. The van der Waals surface area contributed by atoms with Gasteiger partial charge in [-0.3, -0.25) is 0 Å². The molecule has 0 N–H and O–H groups in total. The lowest BCUT2D eigenvalue weighted by Crippen LogP contribution is -2.33. The van der Waals surface area contributed by atoms with E-state index in [1.54, 1.807) is 6.04 Å². The molecule has 22 heavy (non-hydrogen) atoms. The molecule has 0 spiro atoms. The minimum absolute atomic E-state index is 0.0618. The van der Waals surface area contributed by atoms with Crippen LogP contribution in [-0.2, 0) is 0 Å². The number of hydrogen-bond acceptors (Lipinski definition) is 0. The molecule has 1 heterocycles. The van der Waals surface area contributed by atoms with E-state index in [-0.39, 0.29) is 6.07 Å². The Morgan fingerprint density at radius 3 is 1.68 bits per heavy atom. The molecule has 1 aromatic rings. The summed E-state index contributed by atoms with van der Waals surface area (Å²) >= 11 is 0. The molecule has 0 radical (unpaired) electrons. The highest BCUT2D eigenvalue weighted by Gasteiger charge is 2.30. The molecule has 0 amide bonds. The first-order chi connectivity index (χ1) is 10.2. The molecular weight excluding hydrogens is 315 g/mol. The van der Waals surface area contributed by atoms with E-state index in [1.807, 2.05) is 0 Å². The van der Waals surface area contributed by atoms with Gasteiger partial charge >= 0.3 is 0 Å². The normalized spacial score (nSPS) is 19.3.